The highest BCUT2D eigenvalue weighted by atomic mass is 35.5. The van der Waals surface area contributed by atoms with Crippen molar-refractivity contribution >= 4 is 33.3 Å². The highest BCUT2D eigenvalue weighted by Crippen LogP contribution is 2.60. The molecule has 1 saturated carbocycles. The standard InChI is InChI=1S/C30H37ClF3N7O4S/c1-28(2)18-20(19-36-28)6-4-15-35-22-7-3-8-25(37-22)46(43,44)40-27(42)21-9-10-23(38-26(21)31)41-16-11-24(39-41)45-17-5-12-29(13-14-29)30(32,33)34/h3,7-11,16,20,36H,4-6,12-15,17-19H2,1-2H3,(H,35,37)(H,40,42)/i5D2,12D2. The van der Waals surface area contributed by atoms with Crippen LogP contribution in [0.3, 0.4) is 0 Å². The number of pyridine rings is 2. The number of ether oxygens (including phenoxy) is 1. The Bertz CT molecular complexity index is 1840. The third kappa shape index (κ3) is 8.28. The topological polar surface area (TPSA) is 140 Å². The van der Waals surface area contributed by atoms with Crippen LogP contribution in [0, 0.1) is 11.3 Å². The molecule has 5 rings (SSSR count). The van der Waals surface area contributed by atoms with Crippen LogP contribution in [0.15, 0.2) is 47.6 Å². The van der Waals surface area contributed by atoms with Gasteiger partial charge in [0.15, 0.2) is 10.8 Å². The lowest BCUT2D eigenvalue weighted by atomic mass is 9.94. The second kappa shape index (κ2) is 13.4. The fraction of sp³-hybridized carbons (Fsp3) is 0.533. The lowest BCUT2D eigenvalue weighted by Gasteiger charge is -2.18. The van der Waals surface area contributed by atoms with Gasteiger partial charge in [-0.1, -0.05) is 17.7 Å². The van der Waals surface area contributed by atoms with Crippen molar-refractivity contribution < 1.29 is 36.6 Å². The lowest BCUT2D eigenvalue weighted by Crippen LogP contribution is -2.31. The van der Waals surface area contributed by atoms with E-state index in [0.717, 1.165) is 30.5 Å². The summed E-state index contributed by atoms with van der Waals surface area (Å²) in [6.07, 6.45) is -7.98. The summed E-state index contributed by atoms with van der Waals surface area (Å²) >= 11 is 6.22. The molecule has 2 fully saturated rings. The summed E-state index contributed by atoms with van der Waals surface area (Å²) < 4.78 is 107. The van der Waals surface area contributed by atoms with Crippen molar-refractivity contribution in [3.63, 3.8) is 0 Å². The Kier molecular flexibility index (Phi) is 8.35. The summed E-state index contributed by atoms with van der Waals surface area (Å²) in [4.78, 5) is 21.1. The van der Waals surface area contributed by atoms with Crippen LogP contribution in [-0.2, 0) is 10.0 Å². The molecule has 0 spiro atoms. The number of amides is 1. The molecule has 0 radical (unpaired) electrons. The van der Waals surface area contributed by atoms with Crippen LogP contribution < -0.4 is 20.1 Å². The maximum Gasteiger partial charge on any atom is 0.394 e. The number of hydrogen-bond donors (Lipinski definition) is 3. The average molecular weight is 688 g/mol. The number of nitrogens with zero attached hydrogens (tertiary/aromatic N) is 4. The molecule has 2 aliphatic rings. The van der Waals surface area contributed by atoms with E-state index in [1.54, 1.807) is 6.07 Å². The number of halogens is 4. The van der Waals surface area contributed by atoms with Crippen molar-refractivity contribution in [3.05, 3.63) is 53.3 Å². The van der Waals surface area contributed by atoms with Gasteiger partial charge in [0, 0.05) is 29.8 Å². The molecule has 1 unspecified atom stereocenters. The SMILES string of the molecule is [2H]C([2H])(COc1ccn(-c2ccc(C(=O)NS(=O)(=O)c3cccc(NCCCC4CNC(C)(C)C4)n3)c(Cl)n2)n1)C([2H])([2H])C1(C(F)(F)F)CC1. The van der Waals surface area contributed by atoms with E-state index >= 15 is 0 Å². The molecular formula is C30H37ClF3N7O4S. The van der Waals surface area contributed by atoms with E-state index in [2.05, 4.69) is 39.5 Å². The molecule has 1 atom stereocenters. The molecular weight excluding hydrogens is 647 g/mol. The van der Waals surface area contributed by atoms with Gasteiger partial charge in [0.2, 0.25) is 5.88 Å². The highest BCUT2D eigenvalue weighted by molar-refractivity contribution is 7.90. The Hall–Kier alpha value is -3.43. The Morgan fingerprint density at radius 1 is 1.22 bits per heavy atom. The average Bonchev–Trinajstić information content (AvgIpc) is 3.62. The maximum atomic E-state index is 13.5. The number of hydrogen-bond acceptors (Lipinski definition) is 9. The molecule has 1 amide bonds. The van der Waals surface area contributed by atoms with E-state index in [1.807, 2.05) is 4.72 Å². The van der Waals surface area contributed by atoms with Crippen LogP contribution in [-0.4, -0.2) is 65.5 Å². The van der Waals surface area contributed by atoms with Crippen LogP contribution >= 0.6 is 11.6 Å². The molecule has 3 aromatic rings. The number of aromatic nitrogens is 4. The molecule has 0 bridgehead atoms. The van der Waals surface area contributed by atoms with E-state index in [-0.39, 0.29) is 33.0 Å². The van der Waals surface area contributed by atoms with Crippen LogP contribution in [0.2, 0.25) is 5.15 Å². The summed E-state index contributed by atoms with van der Waals surface area (Å²) in [6.45, 7) is 4.84. The van der Waals surface area contributed by atoms with Gasteiger partial charge in [-0.25, -0.2) is 19.4 Å². The normalized spacial score (nSPS) is 20.6. The highest BCUT2D eigenvalue weighted by Gasteiger charge is 2.62. The summed E-state index contributed by atoms with van der Waals surface area (Å²) in [5, 5.41) is 9.86. The van der Waals surface area contributed by atoms with Crippen LogP contribution in [0.25, 0.3) is 5.82 Å². The molecule has 16 heteroatoms. The lowest BCUT2D eigenvalue weighted by molar-refractivity contribution is -0.189. The van der Waals surface area contributed by atoms with Gasteiger partial charge in [0.1, 0.15) is 11.0 Å². The Labute approximate surface area is 276 Å². The zero-order valence-electron chi connectivity index (χ0n) is 29.1. The van der Waals surface area contributed by atoms with Crippen LogP contribution in [0.4, 0.5) is 19.0 Å². The van der Waals surface area contributed by atoms with Crippen molar-refractivity contribution in [2.24, 2.45) is 11.3 Å². The monoisotopic (exact) mass is 687 g/mol. The van der Waals surface area contributed by atoms with E-state index in [0.29, 0.717) is 18.3 Å². The third-order valence-corrected chi connectivity index (χ3v) is 9.30. The van der Waals surface area contributed by atoms with Gasteiger partial charge in [-0.3, -0.25) is 4.79 Å². The zero-order chi connectivity index (χ0) is 36.8. The van der Waals surface area contributed by atoms with E-state index < -0.39 is 59.7 Å². The van der Waals surface area contributed by atoms with Gasteiger partial charge in [-0.15, -0.1) is 5.10 Å². The largest absolute Gasteiger partial charge is 0.477 e. The first-order valence-corrected chi connectivity index (χ1v) is 16.5. The van der Waals surface area contributed by atoms with E-state index in [4.69, 9.17) is 21.8 Å². The fourth-order valence-corrected chi connectivity index (χ4v) is 6.31. The van der Waals surface area contributed by atoms with Gasteiger partial charge in [-0.05, 0) is 95.4 Å². The second-order valence-electron chi connectivity index (χ2n) is 12.0. The zero-order valence-corrected chi connectivity index (χ0v) is 26.7. The Balaban J connectivity index is 1.17. The molecule has 0 aromatic carbocycles. The summed E-state index contributed by atoms with van der Waals surface area (Å²) in [7, 11) is -4.40. The quantitative estimate of drug-likeness (QED) is 0.148. The van der Waals surface area contributed by atoms with Gasteiger partial charge in [-0.2, -0.15) is 21.6 Å². The third-order valence-electron chi connectivity index (χ3n) is 7.78. The summed E-state index contributed by atoms with van der Waals surface area (Å²) in [5.41, 5.74) is -2.94. The minimum Gasteiger partial charge on any atom is -0.477 e. The van der Waals surface area contributed by atoms with E-state index in [1.165, 1.54) is 36.5 Å². The van der Waals surface area contributed by atoms with Crippen molar-refractivity contribution in [2.45, 2.75) is 75.4 Å². The van der Waals surface area contributed by atoms with E-state index in [9.17, 15) is 26.4 Å². The number of alkyl halides is 3. The molecule has 3 N–H and O–H groups in total. The molecule has 4 heterocycles. The number of nitrogens with one attached hydrogen (secondary N) is 3. The fourth-order valence-electron chi connectivity index (χ4n) is 5.14. The predicted octanol–water partition coefficient (Wildman–Crippen LogP) is 5.52. The molecule has 1 aliphatic carbocycles. The Morgan fingerprint density at radius 2 is 2.00 bits per heavy atom. The number of sulfonamides is 1. The van der Waals surface area contributed by atoms with Gasteiger partial charge < -0.3 is 15.4 Å². The first-order valence-electron chi connectivity index (χ1n) is 16.6. The van der Waals surface area contributed by atoms with Crippen molar-refractivity contribution in [3.8, 4) is 11.7 Å². The van der Waals surface area contributed by atoms with Crippen LogP contribution in [0.1, 0.15) is 74.5 Å². The molecule has 1 saturated heterocycles. The molecule has 3 aromatic heterocycles. The van der Waals surface area contributed by atoms with Crippen LogP contribution in [0.5, 0.6) is 5.88 Å². The number of carbonyl (C=O) groups is 1. The van der Waals surface area contributed by atoms with Gasteiger partial charge in [0.25, 0.3) is 15.9 Å². The first-order chi connectivity index (χ1) is 23.2. The number of anilines is 1. The van der Waals surface area contributed by atoms with Crippen molar-refractivity contribution in [2.75, 3.05) is 25.0 Å². The molecule has 1 aliphatic heterocycles. The number of rotatable bonds is 14. The summed E-state index contributed by atoms with van der Waals surface area (Å²) in [5.74, 6) is -0.382. The minimum absolute atomic E-state index is 0.0324. The Morgan fingerprint density at radius 3 is 2.67 bits per heavy atom. The maximum absolute atomic E-state index is 13.5. The molecule has 11 nitrogen and oxygen atoms in total. The smallest absolute Gasteiger partial charge is 0.394 e. The van der Waals surface area contributed by atoms with Crippen molar-refractivity contribution in [1.82, 2.24) is 29.8 Å². The summed E-state index contributed by atoms with van der Waals surface area (Å²) in [6, 6.07) is 8.09. The second-order valence-corrected chi connectivity index (χ2v) is 14.0. The van der Waals surface area contributed by atoms with Gasteiger partial charge >= 0.3 is 6.18 Å². The van der Waals surface area contributed by atoms with Gasteiger partial charge in [0.05, 0.1) is 17.6 Å². The van der Waals surface area contributed by atoms with Crippen molar-refractivity contribution in [1.29, 1.82) is 0 Å². The molecule has 250 valence electrons. The number of carbonyl (C=O) groups excluding carboxylic acids is 1. The molecule has 46 heavy (non-hydrogen) atoms. The predicted molar refractivity (Wildman–Crippen MR) is 166 cm³/mol. The first kappa shape index (κ1) is 28.8. The minimum atomic E-state index is -4.92.